The minimum absolute atomic E-state index is 0.385. The molecule has 0 amide bonds. The number of methoxy groups -OCH3 is 2. The lowest BCUT2D eigenvalue weighted by atomic mass is 10.1. The second-order valence-corrected chi connectivity index (χ2v) is 5.87. The molecule has 0 heterocycles. The first kappa shape index (κ1) is 19.6. The van der Waals surface area contributed by atoms with Crippen LogP contribution < -0.4 is 15.4 Å². The van der Waals surface area contributed by atoms with E-state index in [2.05, 4.69) is 15.6 Å². The molecule has 0 saturated carbocycles. The summed E-state index contributed by atoms with van der Waals surface area (Å²) in [5, 5.41) is 7.12. The summed E-state index contributed by atoms with van der Waals surface area (Å²) in [5.74, 6) is 0.677. The van der Waals surface area contributed by atoms with Crippen LogP contribution in [0, 0.1) is 0 Å². The van der Waals surface area contributed by atoms with Gasteiger partial charge in [0.15, 0.2) is 5.96 Å². The molecule has 0 aliphatic carbocycles. The van der Waals surface area contributed by atoms with Crippen molar-refractivity contribution in [2.75, 3.05) is 21.3 Å². The Morgan fingerprint density at radius 3 is 2.35 bits per heavy atom. The van der Waals surface area contributed by atoms with Crippen molar-refractivity contribution in [3.63, 3.8) is 0 Å². The van der Waals surface area contributed by atoms with Gasteiger partial charge in [0.2, 0.25) is 0 Å². The van der Waals surface area contributed by atoms with E-state index >= 15 is 0 Å². The maximum absolute atomic E-state index is 11.9. The molecule has 138 valence electrons. The number of esters is 1. The summed E-state index contributed by atoms with van der Waals surface area (Å²) in [4.78, 5) is 16.1. The highest BCUT2D eigenvalue weighted by atomic mass is 35.5. The van der Waals surface area contributed by atoms with Crippen LogP contribution >= 0.6 is 11.6 Å². The van der Waals surface area contributed by atoms with Gasteiger partial charge >= 0.3 is 5.97 Å². The molecular formula is C19H22ClN3O3. The molecule has 0 aliphatic rings. The molecule has 2 aromatic rings. The number of carbonyl (C=O) groups is 1. The van der Waals surface area contributed by atoms with E-state index < -0.39 is 5.97 Å². The van der Waals surface area contributed by atoms with Crippen molar-refractivity contribution in [3.8, 4) is 5.75 Å². The smallest absolute Gasteiger partial charge is 0.341 e. The van der Waals surface area contributed by atoms with Gasteiger partial charge in [-0.25, -0.2) is 4.79 Å². The van der Waals surface area contributed by atoms with E-state index in [1.54, 1.807) is 19.2 Å². The number of ether oxygens (including phenoxy) is 2. The number of benzene rings is 2. The summed E-state index contributed by atoms with van der Waals surface area (Å²) in [6.45, 7) is 1.08. The first-order valence-electron chi connectivity index (χ1n) is 8.01. The van der Waals surface area contributed by atoms with Crippen molar-refractivity contribution in [1.29, 1.82) is 0 Å². The third-order valence-electron chi connectivity index (χ3n) is 3.70. The lowest BCUT2D eigenvalue weighted by molar-refractivity contribution is 0.0597. The van der Waals surface area contributed by atoms with E-state index in [9.17, 15) is 4.79 Å². The molecule has 0 unspecified atom stereocenters. The van der Waals surface area contributed by atoms with Gasteiger partial charge in [-0.15, -0.1) is 0 Å². The molecule has 2 N–H and O–H groups in total. The van der Waals surface area contributed by atoms with Crippen LogP contribution in [0.5, 0.6) is 5.75 Å². The van der Waals surface area contributed by atoms with Crippen LogP contribution in [0.3, 0.4) is 0 Å². The van der Waals surface area contributed by atoms with Crippen molar-refractivity contribution in [3.05, 3.63) is 64.2 Å². The van der Waals surface area contributed by atoms with Crippen molar-refractivity contribution in [2.24, 2.45) is 4.99 Å². The molecule has 0 radical (unpaired) electrons. The van der Waals surface area contributed by atoms with E-state index in [1.165, 1.54) is 14.2 Å². The van der Waals surface area contributed by atoms with Crippen molar-refractivity contribution < 1.29 is 14.3 Å². The van der Waals surface area contributed by atoms with Crippen LogP contribution in [0.15, 0.2) is 47.5 Å². The predicted molar refractivity (Wildman–Crippen MR) is 103 cm³/mol. The van der Waals surface area contributed by atoms with Gasteiger partial charge in [0.25, 0.3) is 0 Å². The Balaban J connectivity index is 1.98. The number of nitrogens with zero attached hydrogens (tertiary/aromatic N) is 1. The standard InChI is InChI=1S/C19H22ClN3O3/c1-21-19(22-11-13-5-4-6-15(20)9-13)23-12-14-7-8-17(25-2)16(10-14)18(24)26-3/h4-10H,11-12H2,1-3H3,(H2,21,22,23). The molecule has 0 spiro atoms. The summed E-state index contributed by atoms with van der Waals surface area (Å²) >= 11 is 5.99. The lowest BCUT2D eigenvalue weighted by Gasteiger charge is -2.13. The van der Waals surface area contributed by atoms with Crippen molar-refractivity contribution >= 4 is 23.5 Å². The van der Waals surface area contributed by atoms with E-state index in [0.29, 0.717) is 35.4 Å². The SMILES string of the molecule is CN=C(NCc1cccc(Cl)c1)NCc1ccc(OC)c(C(=O)OC)c1. The fourth-order valence-corrected chi connectivity index (χ4v) is 2.59. The number of aliphatic imine (C=N–C) groups is 1. The summed E-state index contributed by atoms with van der Waals surface area (Å²) in [6, 6.07) is 13.0. The average molecular weight is 376 g/mol. The molecular weight excluding hydrogens is 354 g/mol. The van der Waals surface area contributed by atoms with E-state index in [4.69, 9.17) is 21.1 Å². The highest BCUT2D eigenvalue weighted by Crippen LogP contribution is 2.20. The number of hydrogen-bond donors (Lipinski definition) is 2. The van der Waals surface area contributed by atoms with Gasteiger partial charge in [0, 0.05) is 25.2 Å². The zero-order valence-electron chi connectivity index (χ0n) is 15.0. The lowest BCUT2D eigenvalue weighted by Crippen LogP contribution is -2.36. The zero-order chi connectivity index (χ0) is 18.9. The molecule has 7 heteroatoms. The number of nitrogens with one attached hydrogen (secondary N) is 2. The normalized spacial score (nSPS) is 11.0. The van der Waals surface area contributed by atoms with Gasteiger partial charge in [0.1, 0.15) is 11.3 Å². The van der Waals surface area contributed by atoms with Gasteiger partial charge in [0.05, 0.1) is 14.2 Å². The van der Waals surface area contributed by atoms with Gasteiger partial charge < -0.3 is 20.1 Å². The van der Waals surface area contributed by atoms with E-state index in [1.807, 2.05) is 30.3 Å². The van der Waals surface area contributed by atoms with Crippen LogP contribution in [-0.4, -0.2) is 33.2 Å². The monoisotopic (exact) mass is 375 g/mol. The molecule has 0 aliphatic heterocycles. The molecule has 0 saturated heterocycles. The minimum Gasteiger partial charge on any atom is -0.496 e. The Labute approximate surface area is 158 Å². The third-order valence-corrected chi connectivity index (χ3v) is 3.94. The molecule has 26 heavy (non-hydrogen) atoms. The Kier molecular flexibility index (Phi) is 7.29. The topological polar surface area (TPSA) is 72.0 Å². The average Bonchev–Trinajstić information content (AvgIpc) is 2.67. The molecule has 2 aromatic carbocycles. The Hall–Kier alpha value is -2.73. The van der Waals surface area contributed by atoms with E-state index in [-0.39, 0.29) is 0 Å². The van der Waals surface area contributed by atoms with Crippen LogP contribution in [0.4, 0.5) is 0 Å². The maximum atomic E-state index is 11.9. The molecule has 0 bridgehead atoms. The molecule has 2 rings (SSSR count). The summed E-state index contributed by atoms with van der Waals surface area (Å²) in [5.41, 5.74) is 2.34. The second-order valence-electron chi connectivity index (χ2n) is 5.44. The minimum atomic E-state index is -0.438. The second kappa shape index (κ2) is 9.68. The number of halogens is 1. The Morgan fingerprint density at radius 1 is 1.08 bits per heavy atom. The third kappa shape index (κ3) is 5.39. The highest BCUT2D eigenvalue weighted by molar-refractivity contribution is 6.30. The van der Waals surface area contributed by atoms with Crippen LogP contribution in [-0.2, 0) is 17.8 Å². The van der Waals surface area contributed by atoms with Gasteiger partial charge in [-0.05, 0) is 35.4 Å². The number of guanidine groups is 1. The van der Waals surface area contributed by atoms with Gasteiger partial charge in [-0.2, -0.15) is 0 Å². The fourth-order valence-electron chi connectivity index (χ4n) is 2.37. The molecule has 6 nitrogen and oxygen atoms in total. The molecule has 0 fully saturated rings. The van der Waals surface area contributed by atoms with E-state index in [0.717, 1.165) is 11.1 Å². The zero-order valence-corrected chi connectivity index (χ0v) is 15.8. The number of carbonyl (C=O) groups excluding carboxylic acids is 1. The Bertz CT molecular complexity index is 793. The largest absolute Gasteiger partial charge is 0.496 e. The number of rotatable bonds is 6. The summed E-state index contributed by atoms with van der Waals surface area (Å²) in [6.07, 6.45) is 0. The van der Waals surface area contributed by atoms with Crippen LogP contribution in [0.2, 0.25) is 5.02 Å². The van der Waals surface area contributed by atoms with Crippen molar-refractivity contribution in [1.82, 2.24) is 10.6 Å². The van der Waals surface area contributed by atoms with Crippen LogP contribution in [0.1, 0.15) is 21.5 Å². The number of hydrogen-bond acceptors (Lipinski definition) is 4. The highest BCUT2D eigenvalue weighted by Gasteiger charge is 2.13. The Morgan fingerprint density at radius 2 is 1.77 bits per heavy atom. The first-order chi connectivity index (χ1) is 12.6. The quantitative estimate of drug-likeness (QED) is 0.461. The molecule has 0 atom stereocenters. The summed E-state index contributed by atoms with van der Waals surface area (Å²) in [7, 11) is 4.55. The fraction of sp³-hybridized carbons (Fsp3) is 0.263. The van der Waals surface area contributed by atoms with Gasteiger partial charge in [-0.1, -0.05) is 29.8 Å². The van der Waals surface area contributed by atoms with Crippen molar-refractivity contribution in [2.45, 2.75) is 13.1 Å². The predicted octanol–water partition coefficient (Wildman–Crippen LogP) is 3.00. The molecule has 0 aromatic heterocycles. The maximum Gasteiger partial charge on any atom is 0.341 e. The van der Waals surface area contributed by atoms with Crippen LogP contribution in [0.25, 0.3) is 0 Å². The first-order valence-corrected chi connectivity index (χ1v) is 8.39. The summed E-state index contributed by atoms with van der Waals surface area (Å²) < 4.78 is 9.99. The van der Waals surface area contributed by atoms with Gasteiger partial charge in [-0.3, -0.25) is 4.99 Å².